The second-order valence-corrected chi connectivity index (χ2v) is 2.05. The quantitative estimate of drug-likeness (QED) is 0.406. The molecule has 0 fully saturated rings. The molecule has 0 saturated carbocycles. The fourth-order valence-corrected chi connectivity index (χ4v) is 0. The van der Waals surface area contributed by atoms with Gasteiger partial charge in [-0.05, 0) is 0 Å². The predicted molar refractivity (Wildman–Crippen MR) is 40.2 cm³/mol. The molecular formula is C3H16N2O4S. The standard InChI is InChI=1S/C3H8.2H3N.H2O4S/c1-3-2;;;1-5(2,3)4/h3H2,1-2H3;2*1H3;(H2,1,2,3,4). The Morgan fingerprint density at radius 1 is 1.10 bits per heavy atom. The van der Waals surface area contributed by atoms with Crippen molar-refractivity contribution in [3.05, 3.63) is 0 Å². The van der Waals surface area contributed by atoms with Gasteiger partial charge < -0.3 is 12.3 Å². The predicted octanol–water partition coefficient (Wildman–Crippen LogP) is 1.09. The van der Waals surface area contributed by atoms with Gasteiger partial charge in [0.1, 0.15) is 0 Å². The molecule has 0 bridgehead atoms. The van der Waals surface area contributed by atoms with Crippen LogP contribution in [0.2, 0.25) is 0 Å². The Morgan fingerprint density at radius 3 is 1.10 bits per heavy atom. The Balaban J connectivity index is -0.0000000326. The van der Waals surface area contributed by atoms with Crippen LogP contribution in [0.15, 0.2) is 0 Å². The highest BCUT2D eigenvalue weighted by Gasteiger charge is 1.84. The van der Waals surface area contributed by atoms with Crippen LogP contribution in [-0.2, 0) is 10.4 Å². The lowest BCUT2D eigenvalue weighted by Gasteiger charge is -1.68. The van der Waals surface area contributed by atoms with Crippen molar-refractivity contribution in [2.45, 2.75) is 20.3 Å². The van der Waals surface area contributed by atoms with E-state index >= 15 is 0 Å². The van der Waals surface area contributed by atoms with Crippen molar-refractivity contribution >= 4 is 10.4 Å². The molecule has 0 spiro atoms. The van der Waals surface area contributed by atoms with E-state index in [1.807, 2.05) is 0 Å². The van der Waals surface area contributed by atoms with Crippen LogP contribution in [0, 0.1) is 0 Å². The van der Waals surface area contributed by atoms with Crippen molar-refractivity contribution in [3.8, 4) is 0 Å². The van der Waals surface area contributed by atoms with E-state index in [1.165, 1.54) is 6.42 Å². The van der Waals surface area contributed by atoms with Gasteiger partial charge in [-0.1, -0.05) is 20.3 Å². The average molecular weight is 176 g/mol. The summed E-state index contributed by atoms with van der Waals surface area (Å²) in [6.45, 7) is 4.25. The topological polar surface area (TPSA) is 145 Å². The molecule has 0 aliphatic carbocycles. The average Bonchev–Trinajstić information content (AvgIpc) is 1.27. The van der Waals surface area contributed by atoms with Crippen molar-refractivity contribution in [2.75, 3.05) is 0 Å². The molecule has 6 nitrogen and oxygen atoms in total. The first-order valence-electron chi connectivity index (χ1n) is 2.11. The van der Waals surface area contributed by atoms with Gasteiger partial charge in [0.2, 0.25) is 0 Å². The molecule has 0 rings (SSSR count). The van der Waals surface area contributed by atoms with Gasteiger partial charge in [-0.2, -0.15) is 8.42 Å². The zero-order valence-corrected chi connectivity index (χ0v) is 7.06. The van der Waals surface area contributed by atoms with Crippen molar-refractivity contribution in [1.82, 2.24) is 12.3 Å². The summed E-state index contributed by atoms with van der Waals surface area (Å²) in [5.41, 5.74) is 0. The molecule has 0 atom stereocenters. The van der Waals surface area contributed by atoms with Crippen LogP contribution in [0.1, 0.15) is 20.3 Å². The largest absolute Gasteiger partial charge is 0.394 e. The fraction of sp³-hybridized carbons (Fsp3) is 1.00. The lowest BCUT2D eigenvalue weighted by molar-refractivity contribution is 0.381. The molecule has 0 heterocycles. The van der Waals surface area contributed by atoms with E-state index in [-0.39, 0.29) is 12.3 Å². The van der Waals surface area contributed by atoms with E-state index in [4.69, 9.17) is 17.5 Å². The summed E-state index contributed by atoms with van der Waals surface area (Å²) < 4.78 is 31.6. The first kappa shape index (κ1) is 22.6. The Kier molecular flexibility index (Phi) is 26.1. The van der Waals surface area contributed by atoms with Crippen LogP contribution in [0.25, 0.3) is 0 Å². The molecule has 7 heteroatoms. The van der Waals surface area contributed by atoms with E-state index in [0.29, 0.717) is 0 Å². The summed E-state index contributed by atoms with van der Waals surface area (Å²) in [4.78, 5) is 0. The summed E-state index contributed by atoms with van der Waals surface area (Å²) >= 11 is 0. The number of hydrogen-bond donors (Lipinski definition) is 4. The van der Waals surface area contributed by atoms with E-state index in [9.17, 15) is 0 Å². The Bertz CT molecular complexity index is 112. The van der Waals surface area contributed by atoms with E-state index in [1.54, 1.807) is 0 Å². The summed E-state index contributed by atoms with van der Waals surface area (Å²) in [6, 6.07) is 0. The Morgan fingerprint density at radius 2 is 1.10 bits per heavy atom. The molecule has 0 aliphatic rings. The summed E-state index contributed by atoms with van der Waals surface area (Å²) in [6.07, 6.45) is 1.25. The van der Waals surface area contributed by atoms with Crippen molar-refractivity contribution in [3.63, 3.8) is 0 Å². The fourth-order valence-electron chi connectivity index (χ4n) is 0. The molecule has 0 saturated heterocycles. The molecule has 0 unspecified atom stereocenters. The van der Waals surface area contributed by atoms with Gasteiger partial charge in [-0.15, -0.1) is 0 Å². The van der Waals surface area contributed by atoms with Gasteiger partial charge in [0.05, 0.1) is 0 Å². The third-order valence-electron chi connectivity index (χ3n) is 0. The zero-order chi connectivity index (χ0) is 7.21. The molecule has 0 aliphatic heterocycles. The maximum absolute atomic E-state index is 8.74. The van der Waals surface area contributed by atoms with E-state index in [0.717, 1.165) is 0 Å². The van der Waals surface area contributed by atoms with Gasteiger partial charge in [-0.3, -0.25) is 9.11 Å². The minimum Gasteiger partial charge on any atom is -0.344 e. The second-order valence-electron chi connectivity index (χ2n) is 1.15. The smallest absolute Gasteiger partial charge is 0.344 e. The van der Waals surface area contributed by atoms with Crippen LogP contribution in [0.4, 0.5) is 0 Å². The van der Waals surface area contributed by atoms with Crippen LogP contribution < -0.4 is 12.3 Å². The maximum atomic E-state index is 8.74. The third-order valence-corrected chi connectivity index (χ3v) is 0. The van der Waals surface area contributed by atoms with Gasteiger partial charge in [0.15, 0.2) is 0 Å². The number of rotatable bonds is 0. The normalized spacial score (nSPS) is 7.60. The van der Waals surface area contributed by atoms with Crippen LogP contribution >= 0.6 is 0 Å². The molecule has 0 aromatic rings. The molecular weight excluding hydrogens is 160 g/mol. The SMILES string of the molecule is CCC.N.N.O=S(=O)(O)O. The molecule has 0 aromatic carbocycles. The minimum absolute atomic E-state index is 0. The Hall–Kier alpha value is -0.210. The van der Waals surface area contributed by atoms with Crippen molar-refractivity contribution in [1.29, 1.82) is 0 Å². The lowest BCUT2D eigenvalue weighted by atomic mass is 10.6. The van der Waals surface area contributed by atoms with Crippen LogP contribution in [0.5, 0.6) is 0 Å². The second kappa shape index (κ2) is 11.6. The number of hydrogen-bond acceptors (Lipinski definition) is 4. The first-order chi connectivity index (χ1) is 3.41. The molecule has 0 aromatic heterocycles. The van der Waals surface area contributed by atoms with Gasteiger partial charge in [-0.25, -0.2) is 0 Å². The maximum Gasteiger partial charge on any atom is 0.394 e. The summed E-state index contributed by atoms with van der Waals surface area (Å²) in [7, 11) is -4.67. The molecule has 0 radical (unpaired) electrons. The van der Waals surface area contributed by atoms with Gasteiger partial charge in [0, 0.05) is 0 Å². The zero-order valence-electron chi connectivity index (χ0n) is 6.24. The molecule has 8 N–H and O–H groups in total. The van der Waals surface area contributed by atoms with E-state index < -0.39 is 10.4 Å². The van der Waals surface area contributed by atoms with Gasteiger partial charge in [0.25, 0.3) is 0 Å². The third kappa shape index (κ3) is 8140. The van der Waals surface area contributed by atoms with Crippen LogP contribution in [0.3, 0.4) is 0 Å². The Labute approximate surface area is 61.4 Å². The highest BCUT2D eigenvalue weighted by Crippen LogP contribution is 1.59. The van der Waals surface area contributed by atoms with E-state index in [2.05, 4.69) is 13.8 Å². The summed E-state index contributed by atoms with van der Waals surface area (Å²) in [5, 5.41) is 0. The minimum atomic E-state index is -4.67. The monoisotopic (exact) mass is 176 g/mol. The molecule has 68 valence electrons. The van der Waals surface area contributed by atoms with Crippen molar-refractivity contribution in [2.24, 2.45) is 0 Å². The molecule has 10 heavy (non-hydrogen) atoms. The van der Waals surface area contributed by atoms with Crippen LogP contribution in [-0.4, -0.2) is 17.5 Å². The van der Waals surface area contributed by atoms with Gasteiger partial charge >= 0.3 is 10.4 Å². The highest BCUT2D eigenvalue weighted by atomic mass is 32.3. The first-order valence-corrected chi connectivity index (χ1v) is 3.51. The lowest BCUT2D eigenvalue weighted by Crippen LogP contribution is -1.89. The van der Waals surface area contributed by atoms with Crippen molar-refractivity contribution < 1.29 is 17.5 Å². The molecule has 0 amide bonds. The summed E-state index contributed by atoms with van der Waals surface area (Å²) in [5.74, 6) is 0. The highest BCUT2D eigenvalue weighted by molar-refractivity contribution is 7.79.